The predicted molar refractivity (Wildman–Crippen MR) is 104 cm³/mol. The van der Waals surface area contributed by atoms with E-state index >= 15 is 0 Å². The van der Waals surface area contributed by atoms with E-state index < -0.39 is 0 Å². The number of urea groups is 1. The minimum atomic E-state index is -0.239. The number of hydrogen-bond donors (Lipinski definition) is 3. The minimum Gasteiger partial charge on any atom is -0.464 e. The summed E-state index contributed by atoms with van der Waals surface area (Å²) in [6, 6.07) is 9.30. The lowest BCUT2D eigenvalue weighted by atomic mass is 10.0. The molecule has 2 fully saturated rings. The van der Waals surface area contributed by atoms with Crippen molar-refractivity contribution in [2.75, 3.05) is 18.9 Å². The Morgan fingerprint density at radius 3 is 2.81 bits per heavy atom. The molecular formula is C19H25N3O4S. The zero-order valence-electron chi connectivity index (χ0n) is 15.1. The topological polar surface area (TPSA) is 96.5 Å². The maximum Gasteiger partial charge on any atom is 0.315 e. The van der Waals surface area contributed by atoms with E-state index in [1.807, 2.05) is 17.8 Å². The number of amides is 3. The number of ether oxygens (including phenoxy) is 1. The lowest BCUT2D eigenvalue weighted by molar-refractivity contribution is -0.143. The molecule has 1 aromatic carbocycles. The molecule has 0 spiro atoms. The van der Waals surface area contributed by atoms with Gasteiger partial charge in [-0.05, 0) is 25.0 Å². The summed E-state index contributed by atoms with van der Waals surface area (Å²) in [6.45, 7) is 0.477. The molecule has 0 aliphatic carbocycles. The fraction of sp³-hybridized carbons (Fsp3) is 0.526. The van der Waals surface area contributed by atoms with Gasteiger partial charge in [-0.3, -0.25) is 9.59 Å². The maximum atomic E-state index is 11.8. The van der Waals surface area contributed by atoms with E-state index in [9.17, 15) is 14.4 Å². The van der Waals surface area contributed by atoms with Crippen LogP contribution in [0.25, 0.3) is 0 Å². The first-order valence-corrected chi connectivity index (χ1v) is 10.4. The monoisotopic (exact) mass is 391 g/mol. The Bertz CT molecular complexity index is 670. The quantitative estimate of drug-likeness (QED) is 0.338. The molecule has 3 rings (SSSR count). The van der Waals surface area contributed by atoms with Gasteiger partial charge in [-0.25, -0.2) is 4.79 Å². The highest BCUT2D eigenvalue weighted by Gasteiger charge is 2.42. The number of thioether (sulfide) groups is 1. The third-order valence-electron chi connectivity index (χ3n) is 4.74. The number of nitrogens with one attached hydrogen (secondary N) is 3. The van der Waals surface area contributed by atoms with Crippen molar-refractivity contribution in [1.82, 2.24) is 16.0 Å². The molecule has 2 heterocycles. The van der Waals surface area contributed by atoms with Crippen molar-refractivity contribution in [2.24, 2.45) is 0 Å². The average Bonchev–Trinajstić information content (AvgIpc) is 3.22. The second kappa shape index (κ2) is 9.64. The predicted octanol–water partition coefficient (Wildman–Crippen LogP) is 1.69. The molecule has 0 saturated carbocycles. The molecule has 3 amide bonds. The van der Waals surface area contributed by atoms with Crippen LogP contribution in [0.4, 0.5) is 4.79 Å². The summed E-state index contributed by atoms with van der Waals surface area (Å²) in [7, 11) is 0. The molecule has 3 atom stereocenters. The third kappa shape index (κ3) is 5.63. The first kappa shape index (κ1) is 19.5. The number of fused-ring (bicyclic) bond motifs is 1. The van der Waals surface area contributed by atoms with Crippen molar-refractivity contribution in [3.8, 4) is 0 Å². The number of hydrogen-bond acceptors (Lipinski definition) is 5. The molecular weight excluding hydrogens is 366 g/mol. The Morgan fingerprint density at radius 1 is 1.19 bits per heavy atom. The summed E-state index contributed by atoms with van der Waals surface area (Å²) in [5, 5.41) is 9.04. The maximum absolute atomic E-state index is 11.8. The second-order valence-corrected chi connectivity index (χ2v) is 7.98. The van der Waals surface area contributed by atoms with E-state index in [0.29, 0.717) is 23.8 Å². The lowest BCUT2D eigenvalue weighted by Gasteiger charge is -2.16. The zero-order valence-corrected chi connectivity index (χ0v) is 15.9. The van der Waals surface area contributed by atoms with Gasteiger partial charge in [-0.15, -0.1) is 0 Å². The Labute approximate surface area is 163 Å². The molecule has 7 nitrogen and oxygen atoms in total. The van der Waals surface area contributed by atoms with Gasteiger partial charge in [0.15, 0.2) is 0 Å². The van der Waals surface area contributed by atoms with Gasteiger partial charge in [-0.1, -0.05) is 24.6 Å². The molecule has 3 unspecified atom stereocenters. The Morgan fingerprint density at radius 2 is 2.00 bits per heavy atom. The molecule has 2 aliphatic heterocycles. The van der Waals surface area contributed by atoms with E-state index in [1.165, 1.54) is 0 Å². The standard InChI is InChI=1S/C19H25N3O4S/c23-16(26-11-10-20-18(24)13-6-2-1-3-7-13)9-5-4-8-15-17-14(12-27-15)21-19(25)22-17/h1-3,6-7,14-15,17H,4-5,8-12H2,(H,20,24)(H2,21,22,25). The molecule has 0 radical (unpaired) electrons. The van der Waals surface area contributed by atoms with Crippen molar-refractivity contribution in [2.45, 2.75) is 43.0 Å². The third-order valence-corrected chi connectivity index (χ3v) is 6.25. The van der Waals surface area contributed by atoms with Crippen LogP contribution in [0.5, 0.6) is 0 Å². The SMILES string of the molecule is O=C1NC2CSC(CCCCC(=O)OCCNC(=O)c3ccccc3)C2N1. The number of carbonyl (C=O) groups excluding carboxylic acids is 3. The van der Waals surface area contributed by atoms with Gasteiger partial charge in [0, 0.05) is 23.0 Å². The molecule has 3 N–H and O–H groups in total. The smallest absolute Gasteiger partial charge is 0.315 e. The first-order chi connectivity index (χ1) is 13.1. The molecule has 2 saturated heterocycles. The van der Waals surface area contributed by atoms with Crippen molar-refractivity contribution < 1.29 is 19.1 Å². The van der Waals surface area contributed by atoms with Crippen LogP contribution in [0.15, 0.2) is 30.3 Å². The van der Waals surface area contributed by atoms with Crippen LogP contribution in [-0.4, -0.2) is 54.1 Å². The molecule has 27 heavy (non-hydrogen) atoms. The summed E-state index contributed by atoms with van der Waals surface area (Å²) in [6.07, 6.45) is 3.05. The van der Waals surface area contributed by atoms with Crippen LogP contribution in [0.3, 0.4) is 0 Å². The molecule has 0 aromatic heterocycles. The van der Waals surface area contributed by atoms with Crippen LogP contribution >= 0.6 is 11.8 Å². The van der Waals surface area contributed by atoms with Gasteiger partial charge in [0.05, 0.1) is 18.6 Å². The van der Waals surface area contributed by atoms with E-state index in [-0.39, 0.29) is 36.6 Å². The van der Waals surface area contributed by atoms with Gasteiger partial charge >= 0.3 is 12.0 Å². The van der Waals surface area contributed by atoms with Crippen LogP contribution in [0.1, 0.15) is 36.0 Å². The summed E-state index contributed by atoms with van der Waals surface area (Å²) < 4.78 is 5.16. The van der Waals surface area contributed by atoms with Crippen molar-refractivity contribution in [3.05, 3.63) is 35.9 Å². The Kier molecular flexibility index (Phi) is 6.98. The van der Waals surface area contributed by atoms with Gasteiger partial charge in [0.2, 0.25) is 0 Å². The highest BCUT2D eigenvalue weighted by Crippen LogP contribution is 2.33. The second-order valence-electron chi connectivity index (χ2n) is 6.71. The van der Waals surface area contributed by atoms with E-state index in [4.69, 9.17) is 4.74 Å². The highest BCUT2D eigenvalue weighted by atomic mass is 32.2. The highest BCUT2D eigenvalue weighted by molar-refractivity contribution is 8.00. The van der Waals surface area contributed by atoms with Crippen LogP contribution in [-0.2, 0) is 9.53 Å². The van der Waals surface area contributed by atoms with Crippen LogP contribution in [0, 0.1) is 0 Å². The molecule has 8 heteroatoms. The Hall–Kier alpha value is -2.22. The largest absolute Gasteiger partial charge is 0.464 e. The van der Waals surface area contributed by atoms with Gasteiger partial charge in [0.1, 0.15) is 6.61 Å². The zero-order chi connectivity index (χ0) is 19.1. The van der Waals surface area contributed by atoms with Gasteiger partial charge in [-0.2, -0.15) is 11.8 Å². The number of benzene rings is 1. The number of carbonyl (C=O) groups is 3. The number of rotatable bonds is 9. The van der Waals surface area contributed by atoms with Crippen LogP contribution < -0.4 is 16.0 Å². The van der Waals surface area contributed by atoms with Gasteiger partial charge < -0.3 is 20.7 Å². The van der Waals surface area contributed by atoms with E-state index in [1.54, 1.807) is 24.3 Å². The normalized spacial score (nSPS) is 23.3. The number of unbranched alkanes of at least 4 members (excludes halogenated alkanes) is 1. The summed E-state index contributed by atoms with van der Waals surface area (Å²) in [4.78, 5) is 35.0. The van der Waals surface area contributed by atoms with Crippen molar-refractivity contribution >= 4 is 29.7 Å². The van der Waals surface area contributed by atoms with E-state index in [0.717, 1.165) is 25.0 Å². The molecule has 1 aromatic rings. The Balaban J connectivity index is 1.22. The molecule has 2 aliphatic rings. The summed E-state index contributed by atoms with van der Waals surface area (Å²) in [5.74, 6) is 0.536. The molecule has 146 valence electrons. The fourth-order valence-corrected chi connectivity index (χ4v) is 4.89. The average molecular weight is 391 g/mol. The lowest BCUT2D eigenvalue weighted by Crippen LogP contribution is -2.36. The minimum absolute atomic E-state index is 0.0711. The van der Waals surface area contributed by atoms with E-state index in [2.05, 4.69) is 16.0 Å². The first-order valence-electron chi connectivity index (χ1n) is 9.31. The summed E-state index contributed by atoms with van der Waals surface area (Å²) in [5.41, 5.74) is 0.588. The van der Waals surface area contributed by atoms with Crippen LogP contribution in [0.2, 0.25) is 0 Å². The van der Waals surface area contributed by atoms with Crippen molar-refractivity contribution in [1.29, 1.82) is 0 Å². The van der Waals surface area contributed by atoms with Crippen molar-refractivity contribution in [3.63, 3.8) is 0 Å². The molecule has 0 bridgehead atoms. The number of esters is 1. The fourth-order valence-electron chi connectivity index (χ4n) is 3.35. The summed E-state index contributed by atoms with van der Waals surface area (Å²) >= 11 is 1.88. The van der Waals surface area contributed by atoms with Gasteiger partial charge in [0.25, 0.3) is 5.91 Å².